The van der Waals surface area contributed by atoms with Crippen LogP contribution in [0.5, 0.6) is 11.5 Å². The van der Waals surface area contributed by atoms with E-state index in [2.05, 4.69) is 37.6 Å². The van der Waals surface area contributed by atoms with Crippen LogP contribution in [0, 0.1) is 13.8 Å². The fraction of sp³-hybridized carbons (Fsp3) is 0.238. The summed E-state index contributed by atoms with van der Waals surface area (Å²) in [5.41, 5.74) is 3.41. The number of rotatable bonds is 6. The van der Waals surface area contributed by atoms with E-state index >= 15 is 0 Å². The second kappa shape index (κ2) is 8.22. The minimum Gasteiger partial charge on any atom is -0.493 e. The van der Waals surface area contributed by atoms with E-state index in [1.54, 1.807) is 25.3 Å². The van der Waals surface area contributed by atoms with Crippen molar-refractivity contribution in [2.45, 2.75) is 20.4 Å². The maximum absolute atomic E-state index is 12.4. The van der Waals surface area contributed by atoms with Gasteiger partial charge in [0.1, 0.15) is 0 Å². The van der Waals surface area contributed by atoms with Gasteiger partial charge in [0.2, 0.25) is 0 Å². The van der Waals surface area contributed by atoms with Gasteiger partial charge in [0.15, 0.2) is 22.9 Å². The van der Waals surface area contributed by atoms with Crippen LogP contribution in [0.4, 0.5) is 0 Å². The molecule has 6 heteroatoms. The van der Waals surface area contributed by atoms with Crippen molar-refractivity contribution in [3.05, 3.63) is 65.0 Å². The second-order valence-electron chi connectivity index (χ2n) is 6.16. The summed E-state index contributed by atoms with van der Waals surface area (Å²) in [5.74, 6) is 0.755. The lowest BCUT2D eigenvalue weighted by Crippen LogP contribution is -2.19. The molecule has 27 heavy (non-hydrogen) atoms. The number of amides is 1. The smallest absolute Gasteiger partial charge is 0.286 e. The van der Waals surface area contributed by atoms with Crippen LogP contribution in [-0.4, -0.2) is 24.2 Å². The number of ether oxygens (including phenoxy) is 2. The molecule has 3 aromatic rings. The van der Waals surface area contributed by atoms with E-state index in [0.717, 1.165) is 10.2 Å². The van der Waals surface area contributed by atoms with Crippen molar-refractivity contribution in [2.75, 3.05) is 13.7 Å². The van der Waals surface area contributed by atoms with Crippen molar-refractivity contribution < 1.29 is 14.3 Å². The van der Waals surface area contributed by atoms with Gasteiger partial charge in [-0.3, -0.25) is 4.79 Å². The van der Waals surface area contributed by atoms with Crippen LogP contribution in [0.25, 0.3) is 10.2 Å². The number of aromatic nitrogens is 1. The number of methoxy groups -OCH3 is 1. The van der Waals surface area contributed by atoms with Gasteiger partial charge >= 0.3 is 0 Å². The third-order valence-corrected chi connectivity index (χ3v) is 5.30. The number of hydrogen-bond acceptors (Lipinski definition) is 4. The van der Waals surface area contributed by atoms with Crippen molar-refractivity contribution in [3.63, 3.8) is 0 Å². The zero-order valence-corrected chi connectivity index (χ0v) is 16.5. The number of carbonyl (C=O) groups excluding carboxylic acids is 1. The van der Waals surface area contributed by atoms with Crippen molar-refractivity contribution >= 4 is 27.5 Å². The third kappa shape index (κ3) is 4.11. The Balaban J connectivity index is 1.92. The first-order valence-corrected chi connectivity index (χ1v) is 9.40. The molecule has 0 radical (unpaired) electrons. The fourth-order valence-corrected chi connectivity index (χ4v) is 4.03. The van der Waals surface area contributed by atoms with Gasteiger partial charge in [-0.1, -0.05) is 35.6 Å². The van der Waals surface area contributed by atoms with E-state index < -0.39 is 0 Å². The first-order chi connectivity index (χ1) is 13.0. The topological polar surface area (TPSA) is 52.8 Å². The van der Waals surface area contributed by atoms with Crippen LogP contribution in [0.1, 0.15) is 11.1 Å². The van der Waals surface area contributed by atoms with Crippen molar-refractivity contribution in [1.29, 1.82) is 0 Å². The molecule has 0 spiro atoms. The van der Waals surface area contributed by atoms with Gasteiger partial charge in [0.25, 0.3) is 5.91 Å². The van der Waals surface area contributed by atoms with E-state index in [0.29, 0.717) is 22.8 Å². The molecule has 0 aliphatic rings. The first kappa shape index (κ1) is 18.9. The minimum atomic E-state index is -0.348. The van der Waals surface area contributed by atoms with E-state index in [9.17, 15) is 4.79 Å². The molecule has 0 unspecified atom stereocenters. The highest BCUT2D eigenvalue weighted by molar-refractivity contribution is 7.16. The highest BCUT2D eigenvalue weighted by atomic mass is 32.1. The fourth-order valence-electron chi connectivity index (χ4n) is 2.92. The molecule has 0 atom stereocenters. The number of carbonyl (C=O) groups is 1. The van der Waals surface area contributed by atoms with Crippen LogP contribution >= 0.6 is 11.3 Å². The standard InChI is InChI=1S/C21H22N2O3S/c1-5-10-23-16-12-14(2)11-15(3)20(16)27-21(23)22-19(24)13-26-18-9-7-6-8-17(18)25-4/h5-9,11-12H,1,10,13H2,2-4H3. The monoisotopic (exact) mass is 382 g/mol. The van der Waals surface area contributed by atoms with Gasteiger partial charge in [-0.05, 0) is 43.2 Å². The summed E-state index contributed by atoms with van der Waals surface area (Å²) < 4.78 is 13.9. The van der Waals surface area contributed by atoms with Crippen LogP contribution in [0.2, 0.25) is 0 Å². The van der Waals surface area contributed by atoms with E-state index in [4.69, 9.17) is 9.47 Å². The van der Waals surface area contributed by atoms with Gasteiger partial charge < -0.3 is 14.0 Å². The average Bonchev–Trinajstić information content (AvgIpc) is 2.98. The second-order valence-corrected chi connectivity index (χ2v) is 7.14. The molecule has 2 aromatic carbocycles. The van der Waals surface area contributed by atoms with E-state index in [1.807, 2.05) is 16.7 Å². The first-order valence-electron chi connectivity index (χ1n) is 8.58. The van der Waals surface area contributed by atoms with Crippen LogP contribution in [0.3, 0.4) is 0 Å². The number of aryl methyl sites for hydroxylation is 2. The molecule has 1 heterocycles. The number of nitrogens with zero attached hydrogens (tertiary/aromatic N) is 2. The molecule has 0 bridgehead atoms. The van der Waals surface area contributed by atoms with Gasteiger partial charge in [0.05, 0.1) is 17.3 Å². The van der Waals surface area contributed by atoms with Crippen molar-refractivity contribution in [3.8, 4) is 11.5 Å². The summed E-state index contributed by atoms with van der Waals surface area (Å²) in [6, 6.07) is 11.5. The van der Waals surface area contributed by atoms with E-state index in [-0.39, 0.29) is 12.5 Å². The Morgan fingerprint density at radius 2 is 2.00 bits per heavy atom. The Labute approximate surface area is 162 Å². The van der Waals surface area contributed by atoms with Crippen LogP contribution in [0.15, 0.2) is 54.0 Å². The summed E-state index contributed by atoms with van der Waals surface area (Å²) in [7, 11) is 1.56. The summed E-state index contributed by atoms with van der Waals surface area (Å²) in [4.78, 5) is 17.3. The van der Waals surface area contributed by atoms with E-state index in [1.165, 1.54) is 22.5 Å². The normalized spacial score (nSPS) is 11.6. The molecule has 3 rings (SSSR count). The lowest BCUT2D eigenvalue weighted by atomic mass is 10.1. The Kier molecular flexibility index (Phi) is 5.76. The molecule has 5 nitrogen and oxygen atoms in total. The summed E-state index contributed by atoms with van der Waals surface area (Å²) in [5, 5.41) is 0. The van der Waals surface area contributed by atoms with Crippen LogP contribution in [-0.2, 0) is 11.3 Å². The Bertz CT molecular complexity index is 1060. The molecule has 1 aromatic heterocycles. The highest BCUT2D eigenvalue weighted by Crippen LogP contribution is 2.26. The lowest BCUT2D eigenvalue weighted by molar-refractivity contribution is -0.120. The maximum atomic E-state index is 12.4. The Morgan fingerprint density at radius 3 is 2.70 bits per heavy atom. The molecule has 1 amide bonds. The SMILES string of the molecule is C=CCn1c(=NC(=O)COc2ccccc2OC)sc2c(C)cc(C)cc21. The van der Waals surface area contributed by atoms with Crippen molar-refractivity contribution in [1.82, 2.24) is 4.57 Å². The molecule has 0 fully saturated rings. The summed E-state index contributed by atoms with van der Waals surface area (Å²) >= 11 is 1.50. The molecule has 140 valence electrons. The molecular weight excluding hydrogens is 360 g/mol. The molecule has 0 aliphatic heterocycles. The zero-order chi connectivity index (χ0) is 19.4. The summed E-state index contributed by atoms with van der Waals surface area (Å²) in [6.07, 6.45) is 1.80. The largest absolute Gasteiger partial charge is 0.493 e. The Morgan fingerprint density at radius 1 is 1.26 bits per heavy atom. The minimum absolute atomic E-state index is 0.152. The predicted octanol–water partition coefficient (Wildman–Crippen LogP) is 4.02. The molecule has 0 saturated heterocycles. The third-order valence-electron chi connectivity index (χ3n) is 4.07. The van der Waals surface area contributed by atoms with Gasteiger partial charge in [-0.15, -0.1) is 6.58 Å². The van der Waals surface area contributed by atoms with Crippen LogP contribution < -0.4 is 14.3 Å². The molecule has 0 aliphatic carbocycles. The Hall–Kier alpha value is -2.86. The quantitative estimate of drug-likeness (QED) is 0.605. The number of benzene rings is 2. The average molecular weight is 382 g/mol. The number of allylic oxidation sites excluding steroid dienone is 1. The number of thiazole rings is 1. The summed E-state index contributed by atoms with van der Waals surface area (Å²) in [6.45, 7) is 8.39. The maximum Gasteiger partial charge on any atom is 0.286 e. The van der Waals surface area contributed by atoms with Gasteiger partial charge in [-0.25, -0.2) is 0 Å². The molecular formula is C21H22N2O3S. The van der Waals surface area contributed by atoms with Gasteiger partial charge in [-0.2, -0.15) is 4.99 Å². The molecule has 0 N–H and O–H groups in total. The van der Waals surface area contributed by atoms with Crippen molar-refractivity contribution in [2.24, 2.45) is 4.99 Å². The number of para-hydroxylation sites is 2. The number of fused-ring (bicyclic) bond motifs is 1. The zero-order valence-electron chi connectivity index (χ0n) is 15.7. The van der Waals surface area contributed by atoms with Gasteiger partial charge in [0, 0.05) is 6.54 Å². The lowest BCUT2D eigenvalue weighted by Gasteiger charge is -2.08. The molecule has 0 saturated carbocycles. The predicted molar refractivity (Wildman–Crippen MR) is 109 cm³/mol. The highest BCUT2D eigenvalue weighted by Gasteiger charge is 2.11. The number of hydrogen-bond donors (Lipinski definition) is 0.